The van der Waals surface area contributed by atoms with Gasteiger partial charge in [0.25, 0.3) is 0 Å². The summed E-state index contributed by atoms with van der Waals surface area (Å²) in [6, 6.07) is 10.1. The van der Waals surface area contributed by atoms with Gasteiger partial charge >= 0.3 is 6.03 Å². The molecular weight excluding hydrogens is 276 g/mol. The number of likely N-dealkylation sites (N-methyl/N-ethyl adjacent to an activating group) is 1. The fraction of sp³-hybridized carbons (Fsp3) is 0.611. The molecule has 0 aromatic heterocycles. The Kier molecular flexibility index (Phi) is 6.25. The van der Waals surface area contributed by atoms with E-state index >= 15 is 0 Å². The van der Waals surface area contributed by atoms with Crippen molar-refractivity contribution in [2.24, 2.45) is 5.92 Å². The Balaban J connectivity index is 1.92. The molecule has 1 saturated heterocycles. The van der Waals surface area contributed by atoms with E-state index in [2.05, 4.69) is 31.3 Å². The fourth-order valence-corrected chi connectivity index (χ4v) is 2.88. The van der Waals surface area contributed by atoms with Crippen LogP contribution in [0.4, 0.5) is 4.79 Å². The minimum atomic E-state index is -0.0308. The smallest absolute Gasteiger partial charge is 0.317 e. The summed E-state index contributed by atoms with van der Waals surface area (Å²) in [7, 11) is 1.84. The number of rotatable bonds is 5. The van der Waals surface area contributed by atoms with Crippen molar-refractivity contribution < 1.29 is 9.53 Å². The largest absolute Gasteiger partial charge is 0.376 e. The van der Waals surface area contributed by atoms with Crippen LogP contribution in [0.1, 0.15) is 44.7 Å². The predicted molar refractivity (Wildman–Crippen MR) is 88.8 cm³/mol. The number of amides is 2. The van der Waals surface area contributed by atoms with Gasteiger partial charge in [-0.05, 0) is 30.7 Å². The second kappa shape index (κ2) is 8.18. The zero-order chi connectivity index (χ0) is 15.9. The SMILES string of the molecule is CC(C)C(NC(=O)N(C)CC1CCCCO1)c1ccccc1. The van der Waals surface area contributed by atoms with Crippen LogP contribution < -0.4 is 5.32 Å². The van der Waals surface area contributed by atoms with Crippen LogP contribution in [0.15, 0.2) is 30.3 Å². The lowest BCUT2D eigenvalue weighted by Gasteiger charge is -2.30. The van der Waals surface area contributed by atoms with Crippen LogP contribution in [0.25, 0.3) is 0 Å². The van der Waals surface area contributed by atoms with Gasteiger partial charge < -0.3 is 15.0 Å². The van der Waals surface area contributed by atoms with Crippen molar-refractivity contribution >= 4 is 6.03 Å². The summed E-state index contributed by atoms with van der Waals surface area (Å²) in [6.45, 7) is 5.73. The molecule has 0 spiro atoms. The Hall–Kier alpha value is -1.55. The monoisotopic (exact) mass is 304 g/mol. The molecule has 1 aromatic rings. The van der Waals surface area contributed by atoms with Crippen molar-refractivity contribution in [2.75, 3.05) is 20.2 Å². The van der Waals surface area contributed by atoms with Gasteiger partial charge in [-0.3, -0.25) is 0 Å². The zero-order valence-electron chi connectivity index (χ0n) is 13.9. The lowest BCUT2D eigenvalue weighted by Crippen LogP contribution is -2.44. The van der Waals surface area contributed by atoms with Gasteiger partial charge in [-0.25, -0.2) is 4.79 Å². The Labute approximate surface area is 133 Å². The molecular formula is C18H28N2O2. The maximum atomic E-state index is 12.5. The molecule has 4 heteroatoms. The van der Waals surface area contributed by atoms with E-state index in [1.165, 1.54) is 6.42 Å². The zero-order valence-corrected chi connectivity index (χ0v) is 13.9. The Morgan fingerprint density at radius 2 is 2.05 bits per heavy atom. The summed E-state index contributed by atoms with van der Waals surface area (Å²) in [5, 5.41) is 3.15. The Bertz CT molecular complexity index is 455. The summed E-state index contributed by atoms with van der Waals surface area (Å²) >= 11 is 0. The highest BCUT2D eigenvalue weighted by Crippen LogP contribution is 2.21. The van der Waals surface area contributed by atoms with Gasteiger partial charge in [0.2, 0.25) is 0 Å². The Morgan fingerprint density at radius 3 is 2.64 bits per heavy atom. The minimum Gasteiger partial charge on any atom is -0.376 e. The van der Waals surface area contributed by atoms with Crippen molar-refractivity contribution in [3.8, 4) is 0 Å². The summed E-state index contributed by atoms with van der Waals surface area (Å²) < 4.78 is 5.71. The molecule has 2 rings (SSSR count). The number of urea groups is 1. The molecule has 2 unspecified atom stereocenters. The maximum absolute atomic E-state index is 12.5. The molecule has 0 aliphatic carbocycles. The number of nitrogens with one attached hydrogen (secondary N) is 1. The third-order valence-corrected chi connectivity index (χ3v) is 4.20. The van der Waals surface area contributed by atoms with Gasteiger partial charge in [-0.1, -0.05) is 44.2 Å². The average molecular weight is 304 g/mol. The third kappa shape index (κ3) is 4.73. The normalized spacial score (nSPS) is 19.7. The molecule has 1 aromatic carbocycles. The molecule has 1 fully saturated rings. The third-order valence-electron chi connectivity index (χ3n) is 4.20. The van der Waals surface area contributed by atoms with E-state index < -0.39 is 0 Å². The lowest BCUT2D eigenvalue weighted by molar-refractivity contribution is 0.00363. The van der Waals surface area contributed by atoms with Gasteiger partial charge in [0, 0.05) is 20.2 Å². The van der Waals surface area contributed by atoms with Crippen molar-refractivity contribution in [1.82, 2.24) is 10.2 Å². The van der Waals surface area contributed by atoms with Gasteiger partial charge in [-0.15, -0.1) is 0 Å². The van der Waals surface area contributed by atoms with E-state index in [4.69, 9.17) is 4.74 Å². The summed E-state index contributed by atoms with van der Waals surface area (Å²) in [5.74, 6) is 0.339. The first-order valence-corrected chi connectivity index (χ1v) is 8.26. The first-order valence-electron chi connectivity index (χ1n) is 8.26. The van der Waals surface area contributed by atoms with Gasteiger partial charge in [-0.2, -0.15) is 0 Å². The fourth-order valence-electron chi connectivity index (χ4n) is 2.88. The number of carbonyl (C=O) groups excluding carboxylic acids is 1. The van der Waals surface area contributed by atoms with E-state index in [0.29, 0.717) is 12.5 Å². The summed E-state index contributed by atoms with van der Waals surface area (Å²) in [5.41, 5.74) is 1.15. The van der Waals surface area contributed by atoms with E-state index in [-0.39, 0.29) is 18.2 Å². The van der Waals surface area contributed by atoms with Crippen LogP contribution in [0, 0.1) is 5.92 Å². The Morgan fingerprint density at radius 1 is 1.32 bits per heavy atom. The molecule has 22 heavy (non-hydrogen) atoms. The number of carbonyl (C=O) groups is 1. The number of benzene rings is 1. The van der Waals surface area contributed by atoms with E-state index in [1.54, 1.807) is 4.90 Å². The average Bonchev–Trinajstić information content (AvgIpc) is 2.53. The highest BCUT2D eigenvalue weighted by Gasteiger charge is 2.22. The van der Waals surface area contributed by atoms with Crippen molar-refractivity contribution in [3.63, 3.8) is 0 Å². The molecule has 0 saturated carbocycles. The second-order valence-electron chi connectivity index (χ2n) is 6.45. The van der Waals surface area contributed by atoms with Gasteiger partial charge in [0.15, 0.2) is 0 Å². The molecule has 1 N–H and O–H groups in total. The van der Waals surface area contributed by atoms with Crippen LogP contribution in [0.2, 0.25) is 0 Å². The first-order chi connectivity index (χ1) is 10.6. The molecule has 2 amide bonds. The molecule has 1 heterocycles. The predicted octanol–water partition coefficient (Wildman–Crippen LogP) is 3.59. The standard InChI is InChI=1S/C18H28N2O2/c1-14(2)17(15-9-5-4-6-10-15)19-18(21)20(3)13-16-11-7-8-12-22-16/h4-6,9-10,14,16-17H,7-8,11-13H2,1-3H3,(H,19,21). The summed E-state index contributed by atoms with van der Waals surface area (Å²) in [6.07, 6.45) is 3.55. The van der Waals surface area contributed by atoms with Gasteiger partial charge in [0.1, 0.15) is 0 Å². The van der Waals surface area contributed by atoms with Crippen LogP contribution >= 0.6 is 0 Å². The number of nitrogens with zero attached hydrogens (tertiary/aromatic N) is 1. The highest BCUT2D eigenvalue weighted by molar-refractivity contribution is 5.74. The van der Waals surface area contributed by atoms with E-state index in [9.17, 15) is 4.79 Å². The van der Waals surface area contributed by atoms with Crippen molar-refractivity contribution in [3.05, 3.63) is 35.9 Å². The number of hydrogen-bond acceptors (Lipinski definition) is 2. The number of hydrogen-bond donors (Lipinski definition) is 1. The van der Waals surface area contributed by atoms with Gasteiger partial charge in [0.05, 0.1) is 12.1 Å². The number of ether oxygens (including phenoxy) is 1. The minimum absolute atomic E-state index is 0.0308. The molecule has 0 radical (unpaired) electrons. The van der Waals surface area contributed by atoms with Crippen molar-refractivity contribution in [2.45, 2.75) is 45.3 Å². The topological polar surface area (TPSA) is 41.6 Å². The molecule has 1 aliphatic heterocycles. The van der Waals surface area contributed by atoms with E-state index in [1.807, 2.05) is 25.2 Å². The molecule has 2 atom stereocenters. The quantitative estimate of drug-likeness (QED) is 0.903. The van der Waals surface area contributed by atoms with Crippen LogP contribution in [0.5, 0.6) is 0 Å². The molecule has 122 valence electrons. The molecule has 1 aliphatic rings. The highest BCUT2D eigenvalue weighted by atomic mass is 16.5. The van der Waals surface area contributed by atoms with Crippen LogP contribution in [-0.2, 0) is 4.74 Å². The van der Waals surface area contributed by atoms with Crippen molar-refractivity contribution in [1.29, 1.82) is 0 Å². The molecule has 4 nitrogen and oxygen atoms in total. The summed E-state index contributed by atoms with van der Waals surface area (Å²) in [4.78, 5) is 14.2. The molecule has 0 bridgehead atoms. The van der Waals surface area contributed by atoms with Crippen LogP contribution in [-0.4, -0.2) is 37.2 Å². The maximum Gasteiger partial charge on any atom is 0.317 e. The first kappa shape index (κ1) is 16.8. The van der Waals surface area contributed by atoms with E-state index in [0.717, 1.165) is 25.0 Å². The van der Waals surface area contributed by atoms with Crippen LogP contribution in [0.3, 0.4) is 0 Å². The second-order valence-corrected chi connectivity index (χ2v) is 6.45. The lowest BCUT2D eigenvalue weighted by atomic mass is 9.96.